The zero-order valence-corrected chi connectivity index (χ0v) is 15.4. The molecule has 0 fully saturated rings. The molecule has 3 N–H and O–H groups in total. The number of aliphatic hydroxyl groups is 1. The minimum atomic E-state index is -0.418. The molecule has 0 aliphatic heterocycles. The third kappa shape index (κ3) is 4.01. The quantitative estimate of drug-likeness (QED) is 0.839. The Balaban J connectivity index is 1.29. The van der Waals surface area contributed by atoms with Gasteiger partial charge in [0, 0.05) is 12.0 Å². The van der Waals surface area contributed by atoms with Crippen LogP contribution in [0.1, 0.15) is 60.1 Å². The first-order valence-corrected chi connectivity index (χ1v) is 10.1. The van der Waals surface area contributed by atoms with Gasteiger partial charge in [0.1, 0.15) is 18.7 Å². The van der Waals surface area contributed by atoms with Crippen molar-refractivity contribution in [3.63, 3.8) is 0 Å². The predicted molar refractivity (Wildman–Crippen MR) is 103 cm³/mol. The number of rotatable bonds is 6. The van der Waals surface area contributed by atoms with E-state index >= 15 is 0 Å². The van der Waals surface area contributed by atoms with Crippen molar-refractivity contribution in [3.8, 4) is 0 Å². The van der Waals surface area contributed by atoms with Gasteiger partial charge in [-0.05, 0) is 48.8 Å². The fourth-order valence-corrected chi connectivity index (χ4v) is 4.54. The van der Waals surface area contributed by atoms with Gasteiger partial charge in [0.15, 0.2) is 0 Å². The molecule has 0 amide bonds. The lowest BCUT2D eigenvalue weighted by Crippen LogP contribution is -2.87. The monoisotopic (exact) mass is 352 g/mol. The number of fused-ring (bicyclic) bond motifs is 2. The van der Waals surface area contributed by atoms with Gasteiger partial charge in [0.05, 0.1) is 12.7 Å². The van der Waals surface area contributed by atoms with Crippen LogP contribution in [-0.2, 0) is 17.6 Å². The smallest absolute Gasteiger partial charge is 0.126 e. The number of hydrogen-bond donors (Lipinski definition) is 2. The first-order valence-electron chi connectivity index (χ1n) is 10.1. The Bertz CT molecular complexity index is 668. The Labute approximate surface area is 156 Å². The molecule has 0 radical (unpaired) electrons. The maximum Gasteiger partial charge on any atom is 0.126 e. The largest absolute Gasteiger partial charge is 0.385 e. The second kappa shape index (κ2) is 8.34. The summed E-state index contributed by atoms with van der Waals surface area (Å²) in [5.74, 6) is 0. The van der Waals surface area contributed by atoms with Gasteiger partial charge < -0.3 is 15.2 Å². The Hall–Kier alpha value is -1.68. The topological polar surface area (TPSA) is 46.1 Å². The Morgan fingerprint density at radius 3 is 2.38 bits per heavy atom. The molecular weight excluding hydrogens is 322 g/mol. The van der Waals surface area contributed by atoms with Gasteiger partial charge in [-0.1, -0.05) is 48.5 Å². The molecule has 3 heteroatoms. The fourth-order valence-electron chi connectivity index (χ4n) is 4.54. The highest BCUT2D eigenvalue weighted by atomic mass is 16.5. The standard InChI is InChI=1S/C23H29NO2/c25-19(15-24-22-13-5-9-17-7-1-3-11-20(17)22)16-26-23-14-6-10-18-8-2-4-12-21(18)23/h1-4,7-8,11-12,19,22-25H,5-6,9-10,13-16H2/p+1/t19-,22+,23-/m1/s1. The molecule has 0 aromatic heterocycles. The van der Waals surface area contributed by atoms with Crippen LogP contribution in [-0.4, -0.2) is 24.4 Å². The van der Waals surface area contributed by atoms with Crippen LogP contribution in [0.4, 0.5) is 0 Å². The van der Waals surface area contributed by atoms with E-state index < -0.39 is 6.10 Å². The number of hydrogen-bond acceptors (Lipinski definition) is 2. The van der Waals surface area contributed by atoms with E-state index in [1.165, 1.54) is 47.9 Å². The van der Waals surface area contributed by atoms with Crippen LogP contribution in [0.25, 0.3) is 0 Å². The summed E-state index contributed by atoms with van der Waals surface area (Å²) in [6.07, 6.45) is 6.72. The van der Waals surface area contributed by atoms with Crippen LogP contribution in [0.5, 0.6) is 0 Å². The molecule has 0 heterocycles. The molecule has 3 nitrogen and oxygen atoms in total. The Kier molecular flexibility index (Phi) is 5.68. The van der Waals surface area contributed by atoms with Gasteiger partial charge in [-0.15, -0.1) is 0 Å². The Morgan fingerprint density at radius 1 is 0.923 bits per heavy atom. The van der Waals surface area contributed by atoms with Crippen LogP contribution in [0.15, 0.2) is 48.5 Å². The molecule has 2 aromatic rings. The summed E-state index contributed by atoms with van der Waals surface area (Å²) in [7, 11) is 0. The second-order valence-corrected chi connectivity index (χ2v) is 7.74. The van der Waals surface area contributed by atoms with Crippen molar-refractivity contribution in [2.24, 2.45) is 0 Å². The zero-order valence-electron chi connectivity index (χ0n) is 15.4. The van der Waals surface area contributed by atoms with Gasteiger partial charge >= 0.3 is 0 Å². The highest BCUT2D eigenvalue weighted by Crippen LogP contribution is 2.32. The van der Waals surface area contributed by atoms with Crippen molar-refractivity contribution < 1.29 is 15.2 Å². The molecule has 0 unspecified atom stereocenters. The molecule has 0 saturated carbocycles. The highest BCUT2D eigenvalue weighted by molar-refractivity contribution is 5.31. The third-order valence-electron chi connectivity index (χ3n) is 5.91. The maximum atomic E-state index is 10.5. The lowest BCUT2D eigenvalue weighted by molar-refractivity contribution is -0.703. The first-order chi connectivity index (χ1) is 12.8. The van der Waals surface area contributed by atoms with E-state index in [-0.39, 0.29) is 6.10 Å². The number of ether oxygens (including phenoxy) is 1. The molecule has 2 aliphatic rings. The lowest BCUT2D eigenvalue weighted by atomic mass is 9.88. The summed E-state index contributed by atoms with van der Waals surface area (Å²) in [4.78, 5) is 0. The Morgan fingerprint density at radius 2 is 1.58 bits per heavy atom. The highest BCUT2D eigenvalue weighted by Gasteiger charge is 2.25. The summed E-state index contributed by atoms with van der Waals surface area (Å²) >= 11 is 0. The van der Waals surface area contributed by atoms with Gasteiger partial charge in [0.25, 0.3) is 0 Å². The number of aliphatic hydroxyl groups excluding tert-OH is 1. The van der Waals surface area contributed by atoms with Crippen LogP contribution < -0.4 is 5.32 Å². The molecule has 26 heavy (non-hydrogen) atoms. The van der Waals surface area contributed by atoms with Gasteiger partial charge in [-0.25, -0.2) is 0 Å². The minimum absolute atomic E-state index is 0.144. The molecule has 4 rings (SSSR count). The second-order valence-electron chi connectivity index (χ2n) is 7.74. The van der Waals surface area contributed by atoms with E-state index in [1.807, 2.05) is 0 Å². The van der Waals surface area contributed by atoms with E-state index in [0.717, 1.165) is 12.8 Å². The summed E-state index contributed by atoms with van der Waals surface area (Å²) in [5.41, 5.74) is 5.65. The summed E-state index contributed by atoms with van der Waals surface area (Å²) in [6, 6.07) is 17.8. The van der Waals surface area contributed by atoms with Gasteiger partial charge in [0.2, 0.25) is 0 Å². The third-order valence-corrected chi connectivity index (χ3v) is 5.91. The van der Waals surface area contributed by atoms with Crippen molar-refractivity contribution in [3.05, 3.63) is 70.8 Å². The summed E-state index contributed by atoms with van der Waals surface area (Å²) < 4.78 is 6.11. The van der Waals surface area contributed by atoms with Crippen molar-refractivity contribution in [1.82, 2.24) is 0 Å². The zero-order chi connectivity index (χ0) is 17.8. The lowest BCUT2D eigenvalue weighted by Gasteiger charge is -2.27. The van der Waals surface area contributed by atoms with E-state index in [4.69, 9.17) is 4.74 Å². The average Bonchev–Trinajstić information content (AvgIpc) is 2.70. The number of quaternary nitrogens is 1. The van der Waals surface area contributed by atoms with Crippen molar-refractivity contribution in [2.45, 2.75) is 56.8 Å². The number of benzene rings is 2. The van der Waals surface area contributed by atoms with Crippen LogP contribution in [0.2, 0.25) is 0 Å². The normalized spacial score (nSPS) is 23.1. The number of aryl methyl sites for hydroxylation is 2. The maximum absolute atomic E-state index is 10.5. The summed E-state index contributed by atoms with van der Waals surface area (Å²) in [5, 5.41) is 12.8. The van der Waals surface area contributed by atoms with Crippen LogP contribution in [0.3, 0.4) is 0 Å². The van der Waals surface area contributed by atoms with Crippen LogP contribution in [0, 0.1) is 0 Å². The van der Waals surface area contributed by atoms with E-state index in [1.54, 1.807) is 0 Å². The SMILES string of the molecule is O[C@H](C[NH2+][C@H]1CCCc2ccccc21)CO[C@@H]1CCCc2ccccc21. The average molecular weight is 352 g/mol. The summed E-state index contributed by atoms with van der Waals surface area (Å²) in [6.45, 7) is 1.12. The first kappa shape index (κ1) is 17.7. The van der Waals surface area contributed by atoms with Crippen molar-refractivity contribution >= 4 is 0 Å². The molecule has 3 atom stereocenters. The van der Waals surface area contributed by atoms with Crippen LogP contribution >= 0.6 is 0 Å². The molecular formula is C23H30NO2+. The van der Waals surface area contributed by atoms with Crippen molar-refractivity contribution in [1.29, 1.82) is 0 Å². The molecule has 138 valence electrons. The molecule has 2 aromatic carbocycles. The molecule has 0 saturated heterocycles. The van der Waals surface area contributed by atoms with E-state index in [0.29, 0.717) is 19.2 Å². The predicted octanol–water partition coefficient (Wildman–Crippen LogP) is 3.08. The molecule has 0 bridgehead atoms. The van der Waals surface area contributed by atoms with Gasteiger partial charge in [-0.3, -0.25) is 0 Å². The minimum Gasteiger partial charge on any atom is -0.385 e. The number of nitrogens with two attached hydrogens (primary N) is 1. The van der Waals surface area contributed by atoms with Crippen molar-refractivity contribution in [2.75, 3.05) is 13.2 Å². The molecule has 0 spiro atoms. The molecule has 2 aliphatic carbocycles. The fraction of sp³-hybridized carbons (Fsp3) is 0.478. The van der Waals surface area contributed by atoms with E-state index in [2.05, 4.69) is 53.8 Å². The van der Waals surface area contributed by atoms with E-state index in [9.17, 15) is 5.11 Å². The van der Waals surface area contributed by atoms with Gasteiger partial charge in [-0.2, -0.15) is 0 Å².